The van der Waals surface area contributed by atoms with E-state index < -0.39 is 17.7 Å². The molecule has 1 atom stereocenters. The minimum Gasteiger partial charge on any atom is -0.481 e. The second-order valence-electron chi connectivity index (χ2n) is 7.46. The second kappa shape index (κ2) is 6.34. The molecule has 6 heteroatoms. The number of carbonyl (C=O) groups is 2. The largest absolute Gasteiger partial charge is 0.481 e. The molecule has 4 rings (SSSR count). The monoisotopic (exact) mass is 356 g/mol. The van der Waals surface area contributed by atoms with Gasteiger partial charge in [0.1, 0.15) is 5.82 Å². The van der Waals surface area contributed by atoms with Crippen LogP contribution in [0.4, 0.5) is 4.39 Å². The quantitative estimate of drug-likeness (QED) is 0.859. The highest BCUT2D eigenvalue weighted by molar-refractivity contribution is 6.06. The Morgan fingerprint density at radius 3 is 2.62 bits per heavy atom. The molecule has 0 bridgehead atoms. The first kappa shape index (κ1) is 16.9. The van der Waals surface area contributed by atoms with Gasteiger partial charge in [-0.15, -0.1) is 0 Å². The van der Waals surface area contributed by atoms with Crippen molar-refractivity contribution in [1.29, 1.82) is 0 Å². The Bertz CT molecular complexity index is 890. The number of hydrogen-bond acceptors (Lipinski definition) is 3. The number of carbonyl (C=O) groups excluding carboxylic acids is 1. The molecule has 136 valence electrons. The zero-order valence-electron chi connectivity index (χ0n) is 14.6. The lowest BCUT2D eigenvalue weighted by molar-refractivity contribution is -0.141. The van der Waals surface area contributed by atoms with E-state index >= 15 is 0 Å². The number of fused-ring (bicyclic) bond motifs is 1. The smallest absolute Gasteiger partial charge is 0.308 e. The van der Waals surface area contributed by atoms with Crippen LogP contribution < -0.4 is 0 Å². The number of carboxylic acid groups (broad SMARTS) is 1. The van der Waals surface area contributed by atoms with Gasteiger partial charge in [-0.2, -0.15) is 0 Å². The molecule has 0 radical (unpaired) electrons. The first-order chi connectivity index (χ1) is 12.4. The molecule has 2 aliphatic carbocycles. The minimum atomic E-state index is -0.923. The average Bonchev–Trinajstić information content (AvgIpc) is 3.49. The molecule has 1 aromatic carbocycles. The highest BCUT2D eigenvalue weighted by atomic mass is 19.1. The molecule has 26 heavy (non-hydrogen) atoms. The van der Waals surface area contributed by atoms with Crippen LogP contribution in [0.25, 0.3) is 10.9 Å². The molecule has 1 aromatic heterocycles. The highest BCUT2D eigenvalue weighted by Crippen LogP contribution is 2.40. The van der Waals surface area contributed by atoms with Crippen molar-refractivity contribution in [1.82, 2.24) is 9.88 Å². The van der Waals surface area contributed by atoms with Gasteiger partial charge in [-0.05, 0) is 49.9 Å². The molecule has 1 amide bonds. The number of aromatic nitrogens is 1. The third-order valence-electron chi connectivity index (χ3n) is 5.16. The first-order valence-corrected chi connectivity index (χ1v) is 9.08. The number of benzene rings is 1. The molecule has 2 saturated carbocycles. The molecule has 2 aliphatic rings. The maximum Gasteiger partial charge on any atom is 0.308 e. The summed E-state index contributed by atoms with van der Waals surface area (Å²) >= 11 is 0. The lowest BCUT2D eigenvalue weighted by Gasteiger charge is -2.25. The van der Waals surface area contributed by atoms with Crippen LogP contribution in [-0.2, 0) is 4.79 Å². The van der Waals surface area contributed by atoms with Crippen LogP contribution in [0.15, 0.2) is 24.3 Å². The maximum absolute atomic E-state index is 13.8. The van der Waals surface area contributed by atoms with Gasteiger partial charge in [0, 0.05) is 29.6 Å². The molecule has 0 aliphatic heterocycles. The van der Waals surface area contributed by atoms with Crippen molar-refractivity contribution in [2.45, 2.75) is 44.6 Å². The Labute approximate surface area is 150 Å². The Hall–Kier alpha value is -2.50. The molecular weight excluding hydrogens is 335 g/mol. The Kier molecular flexibility index (Phi) is 4.13. The van der Waals surface area contributed by atoms with Gasteiger partial charge in [0.2, 0.25) is 0 Å². The molecule has 2 aromatic rings. The van der Waals surface area contributed by atoms with E-state index in [1.165, 1.54) is 12.1 Å². The van der Waals surface area contributed by atoms with E-state index in [0.29, 0.717) is 22.4 Å². The normalized spacial score (nSPS) is 17.9. The average molecular weight is 356 g/mol. The molecule has 0 spiro atoms. The van der Waals surface area contributed by atoms with Gasteiger partial charge in [-0.1, -0.05) is 6.92 Å². The summed E-state index contributed by atoms with van der Waals surface area (Å²) in [6, 6.07) is 6.16. The number of halogens is 1. The predicted octanol–water partition coefficient (Wildman–Crippen LogP) is 3.58. The van der Waals surface area contributed by atoms with E-state index in [2.05, 4.69) is 4.98 Å². The van der Waals surface area contributed by atoms with Crippen molar-refractivity contribution in [3.05, 3.63) is 41.3 Å². The van der Waals surface area contributed by atoms with Crippen molar-refractivity contribution in [2.24, 2.45) is 5.92 Å². The summed E-state index contributed by atoms with van der Waals surface area (Å²) in [6.07, 6.45) is 3.86. The van der Waals surface area contributed by atoms with Crippen LogP contribution >= 0.6 is 0 Å². The van der Waals surface area contributed by atoms with Crippen molar-refractivity contribution in [3.63, 3.8) is 0 Å². The summed E-state index contributed by atoms with van der Waals surface area (Å²) in [5.74, 6) is -1.84. The summed E-state index contributed by atoms with van der Waals surface area (Å²) in [6.45, 7) is 1.77. The van der Waals surface area contributed by atoms with Crippen molar-refractivity contribution in [2.75, 3.05) is 6.54 Å². The van der Waals surface area contributed by atoms with Crippen LogP contribution in [-0.4, -0.2) is 39.5 Å². The summed E-state index contributed by atoms with van der Waals surface area (Å²) in [4.78, 5) is 30.8. The van der Waals surface area contributed by atoms with Gasteiger partial charge in [0.05, 0.1) is 17.0 Å². The van der Waals surface area contributed by atoms with Crippen LogP contribution in [0.5, 0.6) is 0 Å². The van der Waals surface area contributed by atoms with Gasteiger partial charge >= 0.3 is 5.97 Å². The number of rotatable bonds is 6. The van der Waals surface area contributed by atoms with Crippen LogP contribution in [0.1, 0.15) is 54.6 Å². The van der Waals surface area contributed by atoms with Gasteiger partial charge in [0.15, 0.2) is 0 Å². The second-order valence-corrected chi connectivity index (χ2v) is 7.46. The number of nitrogens with zero attached hydrogens (tertiary/aromatic N) is 2. The van der Waals surface area contributed by atoms with Gasteiger partial charge in [0.25, 0.3) is 5.91 Å². The van der Waals surface area contributed by atoms with E-state index in [0.717, 1.165) is 31.4 Å². The summed E-state index contributed by atoms with van der Waals surface area (Å²) < 4.78 is 13.8. The zero-order valence-corrected chi connectivity index (χ0v) is 14.6. The SMILES string of the molecule is CC(CN(C(=O)c1cc(C2CC2)nc2ccc(F)cc12)C1CC1)C(=O)O. The summed E-state index contributed by atoms with van der Waals surface area (Å²) in [5.41, 5.74) is 1.91. The van der Waals surface area contributed by atoms with E-state index in [1.54, 1.807) is 24.0 Å². The zero-order chi connectivity index (χ0) is 18.4. The minimum absolute atomic E-state index is 0.0745. The first-order valence-electron chi connectivity index (χ1n) is 9.08. The number of hydrogen-bond donors (Lipinski definition) is 1. The molecule has 1 unspecified atom stereocenters. The third kappa shape index (κ3) is 3.28. The summed E-state index contributed by atoms with van der Waals surface area (Å²) in [7, 11) is 0. The van der Waals surface area contributed by atoms with Crippen LogP contribution in [0, 0.1) is 11.7 Å². The van der Waals surface area contributed by atoms with Gasteiger partial charge in [-0.3, -0.25) is 14.6 Å². The van der Waals surface area contributed by atoms with Crippen LogP contribution in [0.2, 0.25) is 0 Å². The molecule has 2 fully saturated rings. The van der Waals surface area contributed by atoms with Crippen molar-refractivity contribution in [3.8, 4) is 0 Å². The fourth-order valence-electron chi connectivity index (χ4n) is 3.30. The molecule has 5 nitrogen and oxygen atoms in total. The molecule has 1 heterocycles. The Balaban J connectivity index is 1.76. The fourth-order valence-corrected chi connectivity index (χ4v) is 3.30. The van der Waals surface area contributed by atoms with E-state index in [1.807, 2.05) is 0 Å². The number of pyridine rings is 1. The number of aliphatic carboxylic acids is 1. The van der Waals surface area contributed by atoms with Crippen molar-refractivity contribution < 1.29 is 19.1 Å². The van der Waals surface area contributed by atoms with E-state index in [4.69, 9.17) is 0 Å². The highest BCUT2D eigenvalue weighted by Gasteiger charge is 2.36. The topological polar surface area (TPSA) is 70.5 Å². The Morgan fingerprint density at radius 2 is 2.00 bits per heavy atom. The fraction of sp³-hybridized carbons (Fsp3) is 0.450. The number of carboxylic acids is 1. The standard InChI is InChI=1S/C20H21FN2O3/c1-11(20(25)26)10-23(14-5-6-14)19(24)16-9-18(12-2-3-12)22-17-7-4-13(21)8-15(16)17/h4,7-9,11-12,14H,2-3,5-6,10H2,1H3,(H,25,26). The molecule has 1 N–H and O–H groups in total. The van der Waals surface area contributed by atoms with Gasteiger partial charge in [-0.25, -0.2) is 4.39 Å². The van der Waals surface area contributed by atoms with Crippen LogP contribution in [0.3, 0.4) is 0 Å². The van der Waals surface area contributed by atoms with E-state index in [9.17, 15) is 19.1 Å². The maximum atomic E-state index is 13.8. The summed E-state index contributed by atoms with van der Waals surface area (Å²) in [5, 5.41) is 9.71. The number of amides is 1. The lowest BCUT2D eigenvalue weighted by Crippen LogP contribution is -2.38. The van der Waals surface area contributed by atoms with Crippen molar-refractivity contribution >= 4 is 22.8 Å². The third-order valence-corrected chi connectivity index (χ3v) is 5.16. The lowest BCUT2D eigenvalue weighted by atomic mass is 10.0. The Morgan fingerprint density at radius 1 is 1.27 bits per heavy atom. The predicted molar refractivity (Wildman–Crippen MR) is 94.5 cm³/mol. The molecule has 0 saturated heterocycles. The van der Waals surface area contributed by atoms with Gasteiger partial charge < -0.3 is 10.0 Å². The molecular formula is C20H21FN2O3. The van der Waals surface area contributed by atoms with E-state index in [-0.39, 0.29) is 18.5 Å².